The number of ketones is 1. The van der Waals surface area contributed by atoms with Crippen LogP contribution in [-0.4, -0.2) is 11.9 Å². The van der Waals surface area contributed by atoms with Gasteiger partial charge in [-0.05, 0) is 42.7 Å². The van der Waals surface area contributed by atoms with Crippen molar-refractivity contribution in [1.29, 1.82) is 0 Å². The van der Waals surface area contributed by atoms with E-state index in [1.54, 1.807) is 24.3 Å². The molecule has 0 aromatic heterocycles. The molecular weight excluding hydrogens is 255 g/mol. The van der Waals surface area contributed by atoms with E-state index < -0.39 is 0 Å². The predicted molar refractivity (Wildman–Crippen MR) is 74.5 cm³/mol. The first-order chi connectivity index (χ1) is 9.70. The van der Waals surface area contributed by atoms with Crippen molar-refractivity contribution in [2.75, 3.05) is 0 Å². The van der Waals surface area contributed by atoms with Crippen molar-refractivity contribution in [1.82, 2.24) is 0 Å². The maximum absolute atomic E-state index is 13.1. The van der Waals surface area contributed by atoms with Gasteiger partial charge in [-0.15, -0.1) is 0 Å². The van der Waals surface area contributed by atoms with Crippen LogP contribution in [0.4, 0.5) is 4.39 Å². The summed E-state index contributed by atoms with van der Waals surface area (Å²) < 4.78 is 18.8. The molecule has 1 aliphatic rings. The lowest BCUT2D eigenvalue weighted by atomic mass is 10.0. The molecule has 0 amide bonds. The molecule has 0 unspecified atom stereocenters. The lowest BCUT2D eigenvalue weighted by Crippen LogP contribution is -2.05. The van der Waals surface area contributed by atoms with Crippen molar-refractivity contribution in [3.63, 3.8) is 0 Å². The summed E-state index contributed by atoms with van der Waals surface area (Å²) in [5.74, 6) is 0.385. The number of benzene rings is 2. The largest absolute Gasteiger partial charge is 0.490 e. The molecule has 20 heavy (non-hydrogen) atoms. The number of hydrogen-bond donors (Lipinski definition) is 0. The summed E-state index contributed by atoms with van der Waals surface area (Å²) in [7, 11) is 0. The van der Waals surface area contributed by atoms with Crippen molar-refractivity contribution in [2.45, 2.75) is 25.4 Å². The molecule has 2 aromatic rings. The molecule has 102 valence electrons. The number of hydrogen-bond acceptors (Lipinski definition) is 2. The zero-order chi connectivity index (χ0) is 13.9. The van der Waals surface area contributed by atoms with Gasteiger partial charge in [-0.1, -0.05) is 24.3 Å². The van der Waals surface area contributed by atoms with Gasteiger partial charge in [-0.2, -0.15) is 0 Å². The maximum Gasteiger partial charge on any atom is 0.167 e. The molecule has 0 heterocycles. The normalized spacial score (nSPS) is 14.1. The van der Waals surface area contributed by atoms with Crippen molar-refractivity contribution >= 4 is 5.78 Å². The Morgan fingerprint density at radius 3 is 2.70 bits per heavy atom. The summed E-state index contributed by atoms with van der Waals surface area (Å²) >= 11 is 0. The monoisotopic (exact) mass is 270 g/mol. The van der Waals surface area contributed by atoms with E-state index in [4.69, 9.17) is 4.74 Å². The Morgan fingerprint density at radius 1 is 1.15 bits per heavy atom. The van der Waals surface area contributed by atoms with Crippen molar-refractivity contribution < 1.29 is 13.9 Å². The van der Waals surface area contributed by atoms with Crippen LogP contribution in [0.1, 0.15) is 28.8 Å². The quantitative estimate of drug-likeness (QED) is 0.773. The Morgan fingerprint density at radius 2 is 1.95 bits per heavy atom. The van der Waals surface area contributed by atoms with Crippen LogP contribution < -0.4 is 4.74 Å². The van der Waals surface area contributed by atoms with E-state index in [0.29, 0.717) is 17.2 Å². The highest BCUT2D eigenvalue weighted by Crippen LogP contribution is 2.27. The van der Waals surface area contributed by atoms with Crippen LogP contribution in [-0.2, 0) is 6.42 Å². The average molecular weight is 270 g/mol. The molecule has 1 fully saturated rings. The van der Waals surface area contributed by atoms with Crippen LogP contribution in [0.5, 0.6) is 5.75 Å². The van der Waals surface area contributed by atoms with Crippen LogP contribution in [0.15, 0.2) is 48.5 Å². The smallest absolute Gasteiger partial charge is 0.167 e. The molecule has 0 aliphatic heterocycles. The minimum atomic E-state index is -0.318. The fraction of sp³-hybridized carbons (Fsp3) is 0.235. The van der Waals surface area contributed by atoms with Crippen LogP contribution >= 0.6 is 0 Å². The highest BCUT2D eigenvalue weighted by atomic mass is 19.1. The van der Waals surface area contributed by atoms with Crippen molar-refractivity contribution in [2.24, 2.45) is 0 Å². The van der Waals surface area contributed by atoms with Crippen LogP contribution in [0.25, 0.3) is 0 Å². The number of ether oxygens (including phenoxy) is 1. The Kier molecular flexibility index (Phi) is 3.50. The molecule has 0 N–H and O–H groups in total. The summed E-state index contributed by atoms with van der Waals surface area (Å²) in [5, 5.41) is 0. The Bertz CT molecular complexity index is 632. The van der Waals surface area contributed by atoms with E-state index in [-0.39, 0.29) is 18.0 Å². The van der Waals surface area contributed by atoms with Gasteiger partial charge in [0.15, 0.2) is 5.78 Å². The van der Waals surface area contributed by atoms with Crippen molar-refractivity contribution in [3.8, 4) is 5.75 Å². The van der Waals surface area contributed by atoms with E-state index in [0.717, 1.165) is 18.6 Å². The Balaban J connectivity index is 1.72. The van der Waals surface area contributed by atoms with Gasteiger partial charge in [-0.3, -0.25) is 4.79 Å². The average Bonchev–Trinajstić information content (AvgIpc) is 3.23. The predicted octanol–water partition coefficient (Wildman–Crippen LogP) is 3.79. The second-order valence-electron chi connectivity index (χ2n) is 5.07. The lowest BCUT2D eigenvalue weighted by molar-refractivity contribution is 0.0992. The highest BCUT2D eigenvalue weighted by molar-refractivity contribution is 5.97. The summed E-state index contributed by atoms with van der Waals surface area (Å²) in [6, 6.07) is 13.3. The summed E-state index contributed by atoms with van der Waals surface area (Å²) in [6.07, 6.45) is 2.68. The summed E-state index contributed by atoms with van der Waals surface area (Å²) in [4.78, 5) is 12.2. The van der Waals surface area contributed by atoms with Crippen LogP contribution in [0.2, 0.25) is 0 Å². The fourth-order valence-corrected chi connectivity index (χ4v) is 2.06. The molecule has 1 aliphatic carbocycles. The number of carbonyl (C=O) groups is 1. The molecule has 0 radical (unpaired) electrons. The SMILES string of the molecule is O=C(Cc1cccc(F)c1)c1cccc(OC2CC2)c1. The van der Waals surface area contributed by atoms with Crippen LogP contribution in [0.3, 0.4) is 0 Å². The molecule has 3 heteroatoms. The number of rotatable bonds is 5. The summed E-state index contributed by atoms with van der Waals surface area (Å²) in [5.41, 5.74) is 1.29. The number of Topliss-reactive ketones (excluding diaryl/α,β-unsaturated/α-hetero) is 1. The zero-order valence-corrected chi connectivity index (χ0v) is 11.0. The third-order valence-electron chi connectivity index (χ3n) is 3.24. The molecule has 2 nitrogen and oxygen atoms in total. The van der Waals surface area contributed by atoms with Gasteiger partial charge in [0.1, 0.15) is 11.6 Å². The molecule has 0 spiro atoms. The topological polar surface area (TPSA) is 26.3 Å². The van der Waals surface area contributed by atoms with Gasteiger partial charge in [0, 0.05) is 12.0 Å². The van der Waals surface area contributed by atoms with Gasteiger partial charge in [0.05, 0.1) is 6.10 Å². The fourth-order valence-electron chi connectivity index (χ4n) is 2.06. The van der Waals surface area contributed by atoms with Gasteiger partial charge >= 0.3 is 0 Å². The van der Waals surface area contributed by atoms with E-state index >= 15 is 0 Å². The molecule has 1 saturated carbocycles. The van der Waals surface area contributed by atoms with E-state index in [1.807, 2.05) is 12.1 Å². The van der Waals surface area contributed by atoms with E-state index in [1.165, 1.54) is 12.1 Å². The molecule has 0 saturated heterocycles. The van der Waals surface area contributed by atoms with Gasteiger partial charge in [-0.25, -0.2) is 4.39 Å². The minimum Gasteiger partial charge on any atom is -0.490 e. The molecule has 0 atom stereocenters. The van der Waals surface area contributed by atoms with Gasteiger partial charge in [0.25, 0.3) is 0 Å². The minimum absolute atomic E-state index is 0.0307. The standard InChI is InChI=1S/C17H15FO2/c18-14-5-1-3-12(9-14)10-17(19)13-4-2-6-16(11-13)20-15-7-8-15/h1-6,9,11,15H,7-8,10H2. The van der Waals surface area contributed by atoms with E-state index in [9.17, 15) is 9.18 Å². The second-order valence-corrected chi connectivity index (χ2v) is 5.07. The molecular formula is C17H15FO2. The van der Waals surface area contributed by atoms with Crippen molar-refractivity contribution in [3.05, 3.63) is 65.5 Å². The molecule has 0 bridgehead atoms. The maximum atomic E-state index is 13.1. The first-order valence-corrected chi connectivity index (χ1v) is 6.75. The first kappa shape index (κ1) is 12.9. The number of halogens is 1. The molecule has 2 aromatic carbocycles. The van der Waals surface area contributed by atoms with Gasteiger partial charge < -0.3 is 4.74 Å². The van der Waals surface area contributed by atoms with Gasteiger partial charge in [0.2, 0.25) is 0 Å². The summed E-state index contributed by atoms with van der Waals surface area (Å²) in [6.45, 7) is 0. The third kappa shape index (κ3) is 3.23. The highest BCUT2D eigenvalue weighted by Gasteiger charge is 2.23. The third-order valence-corrected chi connectivity index (χ3v) is 3.24. The van der Waals surface area contributed by atoms with Crippen LogP contribution in [0, 0.1) is 5.82 Å². The lowest BCUT2D eigenvalue weighted by Gasteiger charge is -2.06. The van der Waals surface area contributed by atoms with E-state index in [2.05, 4.69) is 0 Å². The first-order valence-electron chi connectivity index (χ1n) is 6.75. The molecule has 3 rings (SSSR count). The Hall–Kier alpha value is -2.16. The zero-order valence-electron chi connectivity index (χ0n) is 11.0. The second kappa shape index (κ2) is 5.45. The number of carbonyl (C=O) groups excluding carboxylic acids is 1. The Labute approximate surface area is 117 Å².